The summed E-state index contributed by atoms with van der Waals surface area (Å²) in [6.45, 7) is 3.78. The van der Waals surface area contributed by atoms with Crippen molar-refractivity contribution in [2.24, 2.45) is 0 Å². The van der Waals surface area contributed by atoms with Crippen LogP contribution in [0.15, 0.2) is 12.2 Å². The number of ether oxygens (including phenoxy) is 2. The molecule has 1 heterocycles. The van der Waals surface area contributed by atoms with E-state index in [4.69, 9.17) is 9.47 Å². The summed E-state index contributed by atoms with van der Waals surface area (Å²) in [4.78, 5) is 13.0. The number of carbonyl (C=O) groups is 1. The number of hydrogen-bond acceptors (Lipinski definition) is 8. The van der Waals surface area contributed by atoms with E-state index in [1.165, 1.54) is 205 Å². The molecular formula is C53H103NO8. The van der Waals surface area contributed by atoms with Crippen LogP contribution < -0.4 is 5.32 Å². The first-order valence-electron chi connectivity index (χ1n) is 26.9. The second-order valence-electron chi connectivity index (χ2n) is 19.0. The molecule has 2 unspecified atom stereocenters. The second kappa shape index (κ2) is 43.8. The highest BCUT2D eigenvalue weighted by Gasteiger charge is 2.44. The lowest BCUT2D eigenvalue weighted by atomic mass is 9.99. The predicted molar refractivity (Wildman–Crippen MR) is 258 cm³/mol. The maximum atomic E-state index is 13.0. The first-order valence-corrected chi connectivity index (χ1v) is 26.9. The zero-order chi connectivity index (χ0) is 45.1. The molecule has 6 N–H and O–H groups in total. The molecule has 368 valence electrons. The Morgan fingerprint density at radius 1 is 0.532 bits per heavy atom. The number of allylic oxidation sites excluding steroid dienone is 1. The predicted octanol–water partition coefficient (Wildman–Crippen LogP) is 12.5. The van der Waals surface area contributed by atoms with Crippen LogP contribution in [0, 0.1) is 0 Å². The molecule has 0 bridgehead atoms. The van der Waals surface area contributed by atoms with E-state index in [2.05, 4.69) is 19.2 Å². The SMILES string of the molecule is CCCCCCCCCC/C=C/[C@@H](O)[C@H](CO[C@@H]1O[C@H](CO)[C@H](O)C(O)C1O)NC(=O)CCCCCCCCCCCCCCCCCCCCCCCCCCCCCCC. The molecule has 9 nitrogen and oxygen atoms in total. The van der Waals surface area contributed by atoms with E-state index in [1.807, 2.05) is 6.08 Å². The van der Waals surface area contributed by atoms with Crippen LogP contribution in [0.4, 0.5) is 0 Å². The highest BCUT2D eigenvalue weighted by atomic mass is 16.7. The Bertz CT molecular complexity index is 981. The van der Waals surface area contributed by atoms with Gasteiger partial charge in [0, 0.05) is 6.42 Å². The molecule has 0 aromatic carbocycles. The molecule has 0 aromatic rings. The summed E-state index contributed by atoms with van der Waals surface area (Å²) >= 11 is 0. The average Bonchev–Trinajstić information content (AvgIpc) is 3.27. The highest BCUT2D eigenvalue weighted by molar-refractivity contribution is 5.76. The normalized spacial score (nSPS) is 20.3. The topological polar surface area (TPSA) is 149 Å². The van der Waals surface area contributed by atoms with Gasteiger partial charge in [0.15, 0.2) is 6.29 Å². The third-order valence-electron chi connectivity index (χ3n) is 13.1. The molecule has 1 fully saturated rings. The zero-order valence-electron chi connectivity index (χ0n) is 40.6. The average molecular weight is 882 g/mol. The van der Waals surface area contributed by atoms with Crippen LogP contribution in [-0.4, -0.2) is 87.5 Å². The Morgan fingerprint density at radius 3 is 1.26 bits per heavy atom. The fraction of sp³-hybridized carbons (Fsp3) is 0.943. The molecule has 1 saturated heterocycles. The number of aliphatic hydroxyl groups is 5. The van der Waals surface area contributed by atoms with Crippen molar-refractivity contribution in [3.63, 3.8) is 0 Å². The molecule has 9 heteroatoms. The number of unbranched alkanes of at least 4 members (excludes halogenated alkanes) is 36. The van der Waals surface area contributed by atoms with Crippen LogP contribution in [0.1, 0.15) is 264 Å². The van der Waals surface area contributed by atoms with E-state index in [0.29, 0.717) is 6.42 Å². The van der Waals surface area contributed by atoms with Crippen molar-refractivity contribution in [2.45, 2.75) is 307 Å². The summed E-state index contributed by atoms with van der Waals surface area (Å²) in [5, 5.41) is 54.2. The lowest BCUT2D eigenvalue weighted by Gasteiger charge is -2.40. The molecule has 0 saturated carbocycles. The minimum absolute atomic E-state index is 0.173. The Balaban J connectivity index is 2.11. The Kier molecular flexibility index (Phi) is 41.6. The van der Waals surface area contributed by atoms with Crippen molar-refractivity contribution in [2.75, 3.05) is 13.2 Å². The Hall–Kier alpha value is -1.07. The third kappa shape index (κ3) is 33.4. The molecule has 1 amide bonds. The maximum absolute atomic E-state index is 13.0. The molecule has 0 aromatic heterocycles. The molecule has 1 aliphatic rings. The van der Waals surface area contributed by atoms with Crippen LogP contribution in [0.25, 0.3) is 0 Å². The minimum Gasteiger partial charge on any atom is -0.394 e. The van der Waals surface area contributed by atoms with E-state index in [0.717, 1.165) is 38.5 Å². The summed E-state index contributed by atoms with van der Waals surface area (Å²) in [5.41, 5.74) is 0. The van der Waals surface area contributed by atoms with E-state index >= 15 is 0 Å². The van der Waals surface area contributed by atoms with Gasteiger partial charge in [0.2, 0.25) is 5.91 Å². The largest absolute Gasteiger partial charge is 0.394 e. The standard InChI is InChI=1S/C53H103NO8/c1-3-5-7-9-11-13-15-16-17-18-19-20-21-22-23-24-25-26-27-28-29-30-31-32-33-35-37-39-41-43-49(57)54-46(45-61-53-52(60)51(59)50(58)48(44-55)62-53)47(56)42-40-38-36-34-14-12-10-8-6-4-2/h40,42,46-48,50-53,55-56,58-60H,3-39,41,43-45H2,1-2H3,(H,54,57)/b42-40+/t46-,47+,48+,50-,51?,52?,53+/m0/s1. The summed E-state index contributed by atoms with van der Waals surface area (Å²) in [6, 6.07) is -0.798. The Morgan fingerprint density at radius 2 is 0.887 bits per heavy atom. The smallest absolute Gasteiger partial charge is 0.220 e. The van der Waals surface area contributed by atoms with E-state index in [-0.39, 0.29) is 12.5 Å². The van der Waals surface area contributed by atoms with Crippen LogP contribution >= 0.6 is 0 Å². The quantitative estimate of drug-likeness (QED) is 0.0261. The molecule has 7 atom stereocenters. The van der Waals surface area contributed by atoms with E-state index in [9.17, 15) is 30.3 Å². The van der Waals surface area contributed by atoms with Crippen LogP contribution in [0.3, 0.4) is 0 Å². The molecule has 0 spiro atoms. The van der Waals surface area contributed by atoms with Gasteiger partial charge in [0.05, 0.1) is 25.4 Å². The van der Waals surface area contributed by atoms with Gasteiger partial charge in [0.1, 0.15) is 24.4 Å². The third-order valence-corrected chi connectivity index (χ3v) is 13.1. The molecule has 62 heavy (non-hydrogen) atoms. The van der Waals surface area contributed by atoms with Gasteiger partial charge in [-0.1, -0.05) is 251 Å². The molecule has 1 aliphatic heterocycles. The fourth-order valence-electron chi connectivity index (χ4n) is 8.81. The summed E-state index contributed by atoms with van der Waals surface area (Å²) in [5.74, 6) is -0.173. The van der Waals surface area contributed by atoms with Gasteiger partial charge in [-0.25, -0.2) is 0 Å². The van der Waals surface area contributed by atoms with Gasteiger partial charge < -0.3 is 40.3 Å². The van der Waals surface area contributed by atoms with Gasteiger partial charge in [-0.2, -0.15) is 0 Å². The van der Waals surface area contributed by atoms with Crippen molar-refractivity contribution >= 4 is 5.91 Å². The van der Waals surface area contributed by atoms with Crippen molar-refractivity contribution in [3.05, 3.63) is 12.2 Å². The molecule has 0 aliphatic carbocycles. The van der Waals surface area contributed by atoms with E-state index in [1.54, 1.807) is 6.08 Å². The minimum atomic E-state index is -1.56. The van der Waals surface area contributed by atoms with Crippen LogP contribution in [0.5, 0.6) is 0 Å². The lowest BCUT2D eigenvalue weighted by molar-refractivity contribution is -0.302. The lowest BCUT2D eigenvalue weighted by Crippen LogP contribution is -2.60. The first kappa shape index (κ1) is 58.9. The van der Waals surface area contributed by atoms with Crippen molar-refractivity contribution in [3.8, 4) is 0 Å². The number of rotatable bonds is 46. The number of amides is 1. The van der Waals surface area contributed by atoms with Gasteiger partial charge in [-0.3, -0.25) is 4.79 Å². The van der Waals surface area contributed by atoms with Crippen LogP contribution in [0.2, 0.25) is 0 Å². The summed E-state index contributed by atoms with van der Waals surface area (Å²) in [7, 11) is 0. The number of aliphatic hydroxyl groups excluding tert-OH is 5. The van der Waals surface area contributed by atoms with Gasteiger partial charge in [0.25, 0.3) is 0 Å². The monoisotopic (exact) mass is 882 g/mol. The summed E-state index contributed by atoms with van der Waals surface area (Å²) < 4.78 is 11.2. The van der Waals surface area contributed by atoms with E-state index < -0.39 is 49.5 Å². The number of hydrogen-bond donors (Lipinski definition) is 6. The number of nitrogens with one attached hydrogen (secondary N) is 1. The molecule has 1 rings (SSSR count). The van der Waals surface area contributed by atoms with Gasteiger partial charge >= 0.3 is 0 Å². The second-order valence-corrected chi connectivity index (χ2v) is 19.0. The molecular weight excluding hydrogens is 779 g/mol. The number of carbonyl (C=O) groups excluding carboxylic acids is 1. The first-order chi connectivity index (χ1) is 30.3. The highest BCUT2D eigenvalue weighted by Crippen LogP contribution is 2.23. The zero-order valence-corrected chi connectivity index (χ0v) is 40.6. The van der Waals surface area contributed by atoms with Crippen molar-refractivity contribution < 1.29 is 39.8 Å². The maximum Gasteiger partial charge on any atom is 0.220 e. The Labute approximate surface area is 382 Å². The van der Waals surface area contributed by atoms with Crippen molar-refractivity contribution in [1.29, 1.82) is 0 Å². The fourth-order valence-corrected chi connectivity index (χ4v) is 8.81. The van der Waals surface area contributed by atoms with Crippen LogP contribution in [-0.2, 0) is 14.3 Å². The van der Waals surface area contributed by atoms with Gasteiger partial charge in [-0.05, 0) is 19.3 Å². The molecule has 0 radical (unpaired) electrons. The van der Waals surface area contributed by atoms with Crippen molar-refractivity contribution in [1.82, 2.24) is 5.32 Å². The van der Waals surface area contributed by atoms with Gasteiger partial charge in [-0.15, -0.1) is 0 Å². The summed E-state index contributed by atoms with van der Waals surface area (Å²) in [6.07, 6.45) is 45.8.